The molecule has 1 aromatic rings. The summed E-state index contributed by atoms with van der Waals surface area (Å²) >= 11 is 0. The second-order valence-corrected chi connectivity index (χ2v) is 4.12. The van der Waals surface area contributed by atoms with Gasteiger partial charge < -0.3 is 9.64 Å². The van der Waals surface area contributed by atoms with Crippen LogP contribution >= 0.6 is 0 Å². The van der Waals surface area contributed by atoms with Crippen molar-refractivity contribution < 1.29 is 14.3 Å². The fourth-order valence-corrected chi connectivity index (χ4v) is 1.73. The van der Waals surface area contributed by atoms with Gasteiger partial charge in [-0.3, -0.25) is 4.79 Å². The van der Waals surface area contributed by atoms with E-state index in [4.69, 9.17) is 4.74 Å². The van der Waals surface area contributed by atoms with Gasteiger partial charge in [-0.1, -0.05) is 36.4 Å². The van der Waals surface area contributed by atoms with E-state index >= 15 is 0 Å². The van der Waals surface area contributed by atoms with Crippen molar-refractivity contribution in [3.63, 3.8) is 0 Å². The second kappa shape index (κ2) is 6.00. The van der Waals surface area contributed by atoms with Crippen LogP contribution in [0.15, 0.2) is 42.5 Å². The van der Waals surface area contributed by atoms with E-state index in [9.17, 15) is 9.59 Å². The molecular formula is C14H15NO3. The molecule has 0 aliphatic carbocycles. The molecule has 1 heterocycles. The molecule has 2 rings (SSSR count). The van der Waals surface area contributed by atoms with Crippen LogP contribution in [0.1, 0.15) is 12.0 Å². The number of ether oxygens (including phenoxy) is 1. The molecule has 1 amide bonds. The summed E-state index contributed by atoms with van der Waals surface area (Å²) in [7, 11) is 0. The highest BCUT2D eigenvalue weighted by Gasteiger charge is 2.18. The molecule has 0 fully saturated rings. The van der Waals surface area contributed by atoms with E-state index in [2.05, 4.69) is 0 Å². The van der Waals surface area contributed by atoms with Crippen molar-refractivity contribution in [1.82, 2.24) is 4.90 Å². The van der Waals surface area contributed by atoms with Crippen molar-refractivity contribution in [3.05, 3.63) is 48.0 Å². The first-order valence-electron chi connectivity index (χ1n) is 5.91. The molecule has 0 N–H and O–H groups in total. The lowest BCUT2D eigenvalue weighted by molar-refractivity contribution is -0.115. The van der Waals surface area contributed by atoms with Crippen molar-refractivity contribution in [2.75, 3.05) is 13.1 Å². The Hall–Kier alpha value is -2.10. The molecule has 0 spiro atoms. The number of hydrogen-bond acceptors (Lipinski definition) is 3. The molecule has 4 nitrogen and oxygen atoms in total. The quantitative estimate of drug-likeness (QED) is 0.802. The van der Waals surface area contributed by atoms with E-state index in [1.807, 2.05) is 30.3 Å². The van der Waals surface area contributed by atoms with Gasteiger partial charge in [0.15, 0.2) is 5.78 Å². The summed E-state index contributed by atoms with van der Waals surface area (Å²) in [5.41, 5.74) is 0.935. The first-order valence-corrected chi connectivity index (χ1v) is 5.91. The molecule has 0 saturated carbocycles. The zero-order valence-corrected chi connectivity index (χ0v) is 10.0. The van der Waals surface area contributed by atoms with Crippen LogP contribution in [-0.2, 0) is 16.1 Å². The van der Waals surface area contributed by atoms with Crippen LogP contribution in [0.5, 0.6) is 0 Å². The Morgan fingerprint density at radius 2 is 2.06 bits per heavy atom. The van der Waals surface area contributed by atoms with Crippen LogP contribution in [-0.4, -0.2) is 29.9 Å². The van der Waals surface area contributed by atoms with E-state index in [-0.39, 0.29) is 18.9 Å². The molecule has 0 atom stereocenters. The van der Waals surface area contributed by atoms with E-state index in [1.165, 1.54) is 11.0 Å². The number of carbonyl (C=O) groups excluding carboxylic acids is 2. The number of rotatable bonds is 2. The minimum Gasteiger partial charge on any atom is -0.445 e. The standard InChI is InChI=1S/C14H15NO3/c16-13-8-4-5-9-15(10-13)14(17)18-11-12-6-2-1-3-7-12/h1-4,6-8H,5,9-11H2. The first kappa shape index (κ1) is 12.4. The van der Waals surface area contributed by atoms with E-state index in [0.29, 0.717) is 13.0 Å². The van der Waals surface area contributed by atoms with Crippen LogP contribution in [0.3, 0.4) is 0 Å². The minimum absolute atomic E-state index is 0.0656. The van der Waals surface area contributed by atoms with E-state index < -0.39 is 6.09 Å². The van der Waals surface area contributed by atoms with Crippen LogP contribution in [0.2, 0.25) is 0 Å². The summed E-state index contributed by atoms with van der Waals surface area (Å²) in [6, 6.07) is 9.47. The van der Waals surface area contributed by atoms with Gasteiger partial charge in [0, 0.05) is 6.54 Å². The molecule has 1 aromatic carbocycles. The minimum atomic E-state index is -0.434. The summed E-state index contributed by atoms with van der Waals surface area (Å²) in [5, 5.41) is 0. The Balaban J connectivity index is 1.86. The number of benzene rings is 1. The van der Waals surface area contributed by atoms with Crippen LogP contribution in [0.25, 0.3) is 0 Å². The van der Waals surface area contributed by atoms with Gasteiger partial charge in [-0.2, -0.15) is 0 Å². The van der Waals surface area contributed by atoms with Gasteiger partial charge in [-0.15, -0.1) is 0 Å². The normalized spacial score (nSPS) is 15.3. The third kappa shape index (κ3) is 3.45. The highest BCUT2D eigenvalue weighted by Crippen LogP contribution is 2.06. The highest BCUT2D eigenvalue weighted by atomic mass is 16.6. The average Bonchev–Trinajstić information content (AvgIpc) is 2.62. The fourth-order valence-electron chi connectivity index (χ4n) is 1.73. The van der Waals surface area contributed by atoms with Gasteiger partial charge in [-0.05, 0) is 18.1 Å². The van der Waals surface area contributed by atoms with Crippen molar-refractivity contribution >= 4 is 11.9 Å². The third-order valence-corrected chi connectivity index (χ3v) is 2.68. The van der Waals surface area contributed by atoms with Gasteiger partial charge in [0.25, 0.3) is 0 Å². The number of amides is 1. The monoisotopic (exact) mass is 245 g/mol. The zero-order chi connectivity index (χ0) is 12.8. The molecule has 0 radical (unpaired) electrons. The third-order valence-electron chi connectivity index (χ3n) is 2.68. The number of hydrogen-bond donors (Lipinski definition) is 0. The SMILES string of the molecule is O=C1C=CCCN(C(=O)OCc2ccccc2)C1. The zero-order valence-electron chi connectivity index (χ0n) is 10.0. The van der Waals surface area contributed by atoms with Gasteiger partial charge in [0.05, 0.1) is 6.54 Å². The van der Waals surface area contributed by atoms with Gasteiger partial charge in [0.2, 0.25) is 0 Å². The number of carbonyl (C=O) groups is 2. The maximum atomic E-state index is 11.8. The Morgan fingerprint density at radius 1 is 1.28 bits per heavy atom. The molecule has 0 unspecified atom stereocenters. The lowest BCUT2D eigenvalue weighted by Crippen LogP contribution is -2.35. The Kier molecular flexibility index (Phi) is 4.12. The predicted octanol–water partition coefficient (Wildman–Crippen LogP) is 2.15. The molecular weight excluding hydrogens is 230 g/mol. The molecule has 18 heavy (non-hydrogen) atoms. The summed E-state index contributed by atoms with van der Waals surface area (Å²) < 4.78 is 5.18. The van der Waals surface area contributed by atoms with Gasteiger partial charge in [-0.25, -0.2) is 4.79 Å². The van der Waals surface area contributed by atoms with Crippen molar-refractivity contribution in [3.8, 4) is 0 Å². The first-order chi connectivity index (χ1) is 8.75. The maximum absolute atomic E-state index is 11.8. The summed E-state index contributed by atoms with van der Waals surface area (Å²) in [6.45, 7) is 0.859. The lowest BCUT2D eigenvalue weighted by atomic mass is 10.2. The summed E-state index contributed by atoms with van der Waals surface area (Å²) in [6.07, 6.45) is 3.56. The van der Waals surface area contributed by atoms with E-state index in [0.717, 1.165) is 5.56 Å². The number of nitrogens with zero attached hydrogens (tertiary/aromatic N) is 1. The molecule has 0 bridgehead atoms. The van der Waals surface area contributed by atoms with Crippen LogP contribution < -0.4 is 0 Å². The van der Waals surface area contributed by atoms with Crippen molar-refractivity contribution in [2.24, 2.45) is 0 Å². The Labute approximate surface area is 106 Å². The van der Waals surface area contributed by atoms with Crippen molar-refractivity contribution in [2.45, 2.75) is 13.0 Å². The maximum Gasteiger partial charge on any atom is 0.410 e. The molecule has 4 heteroatoms. The molecule has 0 aromatic heterocycles. The second-order valence-electron chi connectivity index (χ2n) is 4.12. The smallest absolute Gasteiger partial charge is 0.410 e. The molecule has 0 saturated heterocycles. The van der Waals surface area contributed by atoms with Crippen LogP contribution in [0, 0.1) is 0 Å². The highest BCUT2D eigenvalue weighted by molar-refractivity contribution is 5.93. The van der Waals surface area contributed by atoms with Gasteiger partial charge >= 0.3 is 6.09 Å². The molecule has 1 aliphatic heterocycles. The van der Waals surface area contributed by atoms with E-state index in [1.54, 1.807) is 6.08 Å². The predicted molar refractivity (Wildman–Crippen MR) is 67.0 cm³/mol. The topological polar surface area (TPSA) is 46.6 Å². The lowest BCUT2D eigenvalue weighted by Gasteiger charge is -2.18. The van der Waals surface area contributed by atoms with Crippen LogP contribution in [0.4, 0.5) is 4.79 Å². The Morgan fingerprint density at radius 3 is 2.83 bits per heavy atom. The van der Waals surface area contributed by atoms with Gasteiger partial charge in [0.1, 0.15) is 6.61 Å². The Bertz CT molecular complexity index is 453. The van der Waals surface area contributed by atoms with Crippen molar-refractivity contribution in [1.29, 1.82) is 0 Å². The average molecular weight is 245 g/mol. The molecule has 94 valence electrons. The largest absolute Gasteiger partial charge is 0.445 e. The fraction of sp³-hybridized carbons (Fsp3) is 0.286. The summed E-state index contributed by atoms with van der Waals surface area (Å²) in [4.78, 5) is 24.6. The molecule has 1 aliphatic rings. The number of ketones is 1. The summed E-state index contributed by atoms with van der Waals surface area (Å²) in [5.74, 6) is -0.0656.